The van der Waals surface area contributed by atoms with Gasteiger partial charge in [0.2, 0.25) is 5.91 Å². The summed E-state index contributed by atoms with van der Waals surface area (Å²) in [6.07, 6.45) is 2.08. The van der Waals surface area contributed by atoms with Gasteiger partial charge in [0, 0.05) is 23.7 Å². The Bertz CT molecular complexity index is 1160. The molecule has 8 heteroatoms. The minimum absolute atomic E-state index is 0.147. The van der Waals surface area contributed by atoms with Crippen molar-refractivity contribution in [1.82, 2.24) is 9.97 Å². The number of fused-ring (bicyclic) bond motifs is 1. The summed E-state index contributed by atoms with van der Waals surface area (Å²) in [5, 5.41) is 3.14. The predicted octanol–water partition coefficient (Wildman–Crippen LogP) is 4.85. The smallest absolute Gasteiger partial charge is 0.257 e. The van der Waals surface area contributed by atoms with Crippen molar-refractivity contribution in [3.8, 4) is 5.75 Å². The number of H-pyrrole nitrogens is 1. The second-order valence-corrected chi connectivity index (χ2v) is 8.56. The first-order chi connectivity index (χ1) is 15.5. The second kappa shape index (κ2) is 9.99. The number of anilines is 1. The first-order valence-electron chi connectivity index (χ1n) is 10.6. The topological polar surface area (TPSA) is 84.1 Å². The summed E-state index contributed by atoms with van der Waals surface area (Å²) in [4.78, 5) is 32.9. The molecular formula is C24H24FN3O3S. The van der Waals surface area contributed by atoms with Gasteiger partial charge >= 0.3 is 0 Å². The molecule has 1 amide bonds. The minimum atomic E-state index is -0.441. The molecule has 2 aromatic carbocycles. The van der Waals surface area contributed by atoms with Crippen LogP contribution in [0.15, 0.2) is 58.5 Å². The highest BCUT2D eigenvalue weighted by molar-refractivity contribution is 7.98. The first kappa shape index (κ1) is 22.1. The molecule has 0 saturated carbocycles. The molecule has 4 rings (SSSR count). The number of unbranched alkanes of at least 4 members (excludes halogenated alkanes) is 1. The van der Waals surface area contributed by atoms with Crippen molar-refractivity contribution in [3.05, 3.63) is 81.4 Å². The van der Waals surface area contributed by atoms with Gasteiger partial charge in [0.05, 0.1) is 12.2 Å². The molecule has 32 heavy (non-hydrogen) atoms. The molecule has 166 valence electrons. The van der Waals surface area contributed by atoms with E-state index in [2.05, 4.69) is 22.2 Å². The highest BCUT2D eigenvalue weighted by Gasteiger charge is 2.32. The number of ether oxygens (including phenoxy) is 1. The van der Waals surface area contributed by atoms with Gasteiger partial charge in [-0.15, -0.1) is 0 Å². The van der Waals surface area contributed by atoms with Gasteiger partial charge in [-0.3, -0.25) is 9.59 Å². The average Bonchev–Trinajstić information content (AvgIpc) is 2.78. The van der Waals surface area contributed by atoms with E-state index in [1.165, 1.54) is 23.9 Å². The van der Waals surface area contributed by atoms with Crippen LogP contribution in [0.4, 0.5) is 10.2 Å². The Hall–Kier alpha value is -3.13. The van der Waals surface area contributed by atoms with Crippen LogP contribution in [0.25, 0.3) is 0 Å². The van der Waals surface area contributed by atoms with Crippen LogP contribution in [0.2, 0.25) is 0 Å². The zero-order valence-electron chi connectivity index (χ0n) is 17.7. The Balaban J connectivity index is 1.62. The molecule has 1 unspecified atom stereocenters. The molecule has 0 spiro atoms. The molecule has 0 bridgehead atoms. The maximum Gasteiger partial charge on any atom is 0.257 e. The molecule has 2 heterocycles. The zero-order chi connectivity index (χ0) is 22.5. The van der Waals surface area contributed by atoms with Crippen molar-refractivity contribution in [1.29, 1.82) is 0 Å². The summed E-state index contributed by atoms with van der Waals surface area (Å²) in [5.74, 6) is 0.530. The van der Waals surface area contributed by atoms with Crippen LogP contribution >= 0.6 is 11.8 Å². The Morgan fingerprint density at radius 3 is 2.72 bits per heavy atom. The number of benzene rings is 2. The number of nitrogens with one attached hydrogen (secondary N) is 2. The number of nitrogens with zero attached hydrogens (tertiary/aromatic N) is 1. The molecule has 0 saturated heterocycles. The van der Waals surface area contributed by atoms with E-state index in [0.29, 0.717) is 28.8 Å². The summed E-state index contributed by atoms with van der Waals surface area (Å²) >= 11 is 1.32. The number of carbonyl (C=O) groups is 1. The van der Waals surface area contributed by atoms with Gasteiger partial charge in [-0.1, -0.05) is 55.4 Å². The lowest BCUT2D eigenvalue weighted by atomic mass is 9.86. The zero-order valence-corrected chi connectivity index (χ0v) is 18.5. The maximum absolute atomic E-state index is 13.1. The van der Waals surface area contributed by atoms with E-state index >= 15 is 0 Å². The molecule has 1 aliphatic rings. The van der Waals surface area contributed by atoms with Gasteiger partial charge in [0.15, 0.2) is 5.16 Å². The van der Waals surface area contributed by atoms with E-state index in [9.17, 15) is 14.0 Å². The molecule has 1 atom stereocenters. The molecule has 1 aliphatic heterocycles. The number of rotatable bonds is 8. The lowest BCUT2D eigenvalue weighted by Gasteiger charge is -2.26. The van der Waals surface area contributed by atoms with Crippen LogP contribution in [0.5, 0.6) is 5.75 Å². The molecule has 3 aromatic rings. The van der Waals surface area contributed by atoms with Crippen LogP contribution in [-0.2, 0) is 10.5 Å². The number of hydrogen-bond donors (Lipinski definition) is 2. The quantitative estimate of drug-likeness (QED) is 0.289. The van der Waals surface area contributed by atoms with Crippen molar-refractivity contribution < 1.29 is 13.9 Å². The number of amides is 1. The van der Waals surface area contributed by atoms with Crippen LogP contribution in [0, 0.1) is 5.82 Å². The Labute approximate surface area is 189 Å². The molecular weight excluding hydrogens is 429 g/mol. The van der Waals surface area contributed by atoms with Gasteiger partial charge in [0.25, 0.3) is 5.56 Å². The lowest BCUT2D eigenvalue weighted by molar-refractivity contribution is -0.116. The van der Waals surface area contributed by atoms with Crippen molar-refractivity contribution in [2.75, 3.05) is 11.9 Å². The molecule has 6 nitrogen and oxygen atoms in total. The number of carbonyl (C=O) groups excluding carboxylic acids is 1. The van der Waals surface area contributed by atoms with E-state index in [4.69, 9.17) is 4.74 Å². The number of para-hydroxylation sites is 1. The van der Waals surface area contributed by atoms with E-state index in [1.807, 2.05) is 24.3 Å². The third-order valence-corrected chi connectivity index (χ3v) is 6.21. The summed E-state index contributed by atoms with van der Waals surface area (Å²) in [6.45, 7) is 2.67. The molecule has 0 radical (unpaired) electrons. The molecule has 2 N–H and O–H groups in total. The van der Waals surface area contributed by atoms with Crippen LogP contribution in [-0.4, -0.2) is 22.5 Å². The number of thioether (sulfide) groups is 1. The molecule has 1 aromatic heterocycles. The number of aromatic amines is 1. The van der Waals surface area contributed by atoms with Crippen molar-refractivity contribution >= 4 is 23.5 Å². The highest BCUT2D eigenvalue weighted by atomic mass is 32.2. The SMILES string of the molecule is CCCCOc1ccccc1C1CC(=O)Nc2nc(SCc3ccc(F)cc3)[nH]c(=O)c21. The van der Waals surface area contributed by atoms with Crippen LogP contribution in [0.3, 0.4) is 0 Å². The Morgan fingerprint density at radius 1 is 1.16 bits per heavy atom. The summed E-state index contributed by atoms with van der Waals surface area (Å²) in [5.41, 5.74) is 1.85. The van der Waals surface area contributed by atoms with Crippen molar-refractivity contribution in [2.45, 2.75) is 43.0 Å². The standard InChI is InChI=1S/C24H24FN3O3S/c1-2-3-12-31-19-7-5-4-6-17(19)18-13-20(29)26-22-21(18)23(30)28-24(27-22)32-14-15-8-10-16(25)11-9-15/h4-11,18H,2-3,12-14H2,1H3,(H2,26,27,28,29,30). The monoisotopic (exact) mass is 453 g/mol. The summed E-state index contributed by atoms with van der Waals surface area (Å²) < 4.78 is 19.0. The lowest BCUT2D eigenvalue weighted by Crippen LogP contribution is -2.31. The number of hydrogen-bond acceptors (Lipinski definition) is 5. The normalized spacial score (nSPS) is 15.2. The van der Waals surface area contributed by atoms with Crippen molar-refractivity contribution in [2.24, 2.45) is 0 Å². The maximum atomic E-state index is 13.1. The van der Waals surface area contributed by atoms with Gasteiger partial charge in [-0.05, 0) is 30.2 Å². The number of halogens is 1. The van der Waals surface area contributed by atoms with Crippen LogP contribution < -0.4 is 15.6 Å². The van der Waals surface area contributed by atoms with E-state index in [1.54, 1.807) is 12.1 Å². The minimum Gasteiger partial charge on any atom is -0.493 e. The second-order valence-electron chi connectivity index (χ2n) is 7.59. The highest BCUT2D eigenvalue weighted by Crippen LogP contribution is 2.38. The summed E-state index contributed by atoms with van der Waals surface area (Å²) in [6, 6.07) is 13.7. The average molecular weight is 454 g/mol. The Morgan fingerprint density at radius 2 is 1.94 bits per heavy atom. The van der Waals surface area contributed by atoms with Gasteiger partial charge in [0.1, 0.15) is 17.4 Å². The van der Waals surface area contributed by atoms with Gasteiger partial charge in [-0.2, -0.15) is 0 Å². The summed E-state index contributed by atoms with van der Waals surface area (Å²) in [7, 11) is 0. The van der Waals surface area contributed by atoms with E-state index in [0.717, 1.165) is 24.0 Å². The Kier molecular flexibility index (Phi) is 6.90. The van der Waals surface area contributed by atoms with Gasteiger partial charge in [-0.25, -0.2) is 9.37 Å². The fraction of sp³-hybridized carbons (Fsp3) is 0.292. The van der Waals surface area contributed by atoms with E-state index in [-0.39, 0.29) is 29.5 Å². The first-order valence-corrected chi connectivity index (χ1v) is 11.6. The number of aromatic nitrogens is 2. The fourth-order valence-corrected chi connectivity index (χ4v) is 4.46. The molecule has 0 fully saturated rings. The third kappa shape index (κ3) is 5.02. The molecule has 0 aliphatic carbocycles. The predicted molar refractivity (Wildman–Crippen MR) is 123 cm³/mol. The largest absolute Gasteiger partial charge is 0.493 e. The van der Waals surface area contributed by atoms with E-state index < -0.39 is 5.92 Å². The van der Waals surface area contributed by atoms with Gasteiger partial charge < -0.3 is 15.0 Å². The van der Waals surface area contributed by atoms with Crippen molar-refractivity contribution in [3.63, 3.8) is 0 Å². The van der Waals surface area contributed by atoms with Crippen LogP contribution in [0.1, 0.15) is 48.8 Å². The third-order valence-electron chi connectivity index (χ3n) is 5.27. The fourth-order valence-electron chi connectivity index (χ4n) is 3.64.